The van der Waals surface area contributed by atoms with Gasteiger partial charge in [-0.3, -0.25) is 4.98 Å². The predicted octanol–water partition coefficient (Wildman–Crippen LogP) is 5.33. The van der Waals surface area contributed by atoms with Crippen LogP contribution in [-0.4, -0.2) is 21.5 Å². The SMILES string of the molecule is CC(C)c1c[nH]c2ncc(-c3cc(C4CCCN4)c4cnccc4c3)cc12. The van der Waals surface area contributed by atoms with E-state index in [1.807, 2.05) is 18.6 Å². The molecule has 27 heavy (non-hydrogen) atoms. The molecule has 0 bridgehead atoms. The molecule has 1 atom stereocenters. The molecule has 4 aromatic rings. The molecule has 0 spiro atoms. The monoisotopic (exact) mass is 356 g/mol. The van der Waals surface area contributed by atoms with Gasteiger partial charge in [-0.25, -0.2) is 4.98 Å². The second kappa shape index (κ2) is 6.46. The maximum Gasteiger partial charge on any atom is 0.137 e. The van der Waals surface area contributed by atoms with Gasteiger partial charge in [0.1, 0.15) is 5.65 Å². The topological polar surface area (TPSA) is 53.6 Å². The molecule has 136 valence electrons. The van der Waals surface area contributed by atoms with Crippen molar-refractivity contribution in [3.8, 4) is 11.1 Å². The zero-order valence-electron chi connectivity index (χ0n) is 15.8. The van der Waals surface area contributed by atoms with E-state index in [1.54, 1.807) is 0 Å². The molecule has 1 fully saturated rings. The lowest BCUT2D eigenvalue weighted by Crippen LogP contribution is -2.13. The molecular weight excluding hydrogens is 332 g/mol. The summed E-state index contributed by atoms with van der Waals surface area (Å²) >= 11 is 0. The summed E-state index contributed by atoms with van der Waals surface area (Å²) in [5.41, 5.74) is 6.03. The molecule has 3 aromatic heterocycles. The molecule has 1 aromatic carbocycles. The van der Waals surface area contributed by atoms with Crippen molar-refractivity contribution in [1.82, 2.24) is 20.3 Å². The smallest absolute Gasteiger partial charge is 0.137 e. The summed E-state index contributed by atoms with van der Waals surface area (Å²) < 4.78 is 0. The maximum absolute atomic E-state index is 4.68. The van der Waals surface area contributed by atoms with Crippen LogP contribution in [0.2, 0.25) is 0 Å². The van der Waals surface area contributed by atoms with E-state index >= 15 is 0 Å². The van der Waals surface area contributed by atoms with Gasteiger partial charge in [0, 0.05) is 47.2 Å². The summed E-state index contributed by atoms with van der Waals surface area (Å²) in [6, 6.07) is 9.39. The Morgan fingerprint density at radius 2 is 2.00 bits per heavy atom. The molecule has 4 nitrogen and oxygen atoms in total. The third kappa shape index (κ3) is 2.81. The molecule has 1 aliphatic rings. The van der Waals surface area contributed by atoms with Crippen molar-refractivity contribution < 1.29 is 0 Å². The van der Waals surface area contributed by atoms with Crippen LogP contribution in [0.15, 0.2) is 49.1 Å². The number of benzene rings is 1. The molecular formula is C23H24N4. The fourth-order valence-corrected chi connectivity index (χ4v) is 4.29. The second-order valence-electron chi connectivity index (χ2n) is 7.83. The maximum atomic E-state index is 4.68. The number of fused-ring (bicyclic) bond motifs is 2. The van der Waals surface area contributed by atoms with Gasteiger partial charge in [0.15, 0.2) is 0 Å². The lowest BCUT2D eigenvalue weighted by Gasteiger charge is -2.16. The Morgan fingerprint density at radius 3 is 2.81 bits per heavy atom. The number of H-pyrrole nitrogens is 1. The lowest BCUT2D eigenvalue weighted by atomic mass is 9.93. The van der Waals surface area contributed by atoms with Crippen LogP contribution in [0.4, 0.5) is 0 Å². The van der Waals surface area contributed by atoms with Crippen LogP contribution >= 0.6 is 0 Å². The molecule has 1 saturated heterocycles. The molecule has 4 heterocycles. The number of pyridine rings is 2. The van der Waals surface area contributed by atoms with E-state index in [4.69, 9.17) is 0 Å². The van der Waals surface area contributed by atoms with E-state index < -0.39 is 0 Å². The highest BCUT2D eigenvalue weighted by Gasteiger charge is 2.20. The van der Waals surface area contributed by atoms with Crippen molar-refractivity contribution in [1.29, 1.82) is 0 Å². The van der Waals surface area contributed by atoms with Crippen molar-refractivity contribution in [2.75, 3.05) is 6.54 Å². The highest BCUT2D eigenvalue weighted by atomic mass is 14.9. The van der Waals surface area contributed by atoms with Crippen LogP contribution in [0.1, 0.15) is 49.8 Å². The normalized spacial score (nSPS) is 17.4. The number of hydrogen-bond acceptors (Lipinski definition) is 3. The van der Waals surface area contributed by atoms with Crippen LogP contribution in [0, 0.1) is 0 Å². The number of aromatic nitrogens is 3. The first-order valence-electron chi connectivity index (χ1n) is 9.79. The van der Waals surface area contributed by atoms with Crippen LogP contribution in [0.5, 0.6) is 0 Å². The summed E-state index contributed by atoms with van der Waals surface area (Å²) in [5.74, 6) is 0.469. The van der Waals surface area contributed by atoms with Gasteiger partial charge >= 0.3 is 0 Å². The van der Waals surface area contributed by atoms with Crippen molar-refractivity contribution in [3.05, 3.63) is 60.2 Å². The molecule has 1 aliphatic heterocycles. The second-order valence-corrected chi connectivity index (χ2v) is 7.83. The highest BCUT2D eigenvalue weighted by Crippen LogP contribution is 2.35. The van der Waals surface area contributed by atoms with Gasteiger partial charge < -0.3 is 10.3 Å². The van der Waals surface area contributed by atoms with E-state index in [9.17, 15) is 0 Å². The van der Waals surface area contributed by atoms with E-state index in [0.29, 0.717) is 12.0 Å². The lowest BCUT2D eigenvalue weighted by molar-refractivity contribution is 0.653. The fraction of sp³-hybridized carbons (Fsp3) is 0.304. The Bertz CT molecular complexity index is 1120. The van der Waals surface area contributed by atoms with E-state index in [0.717, 1.165) is 12.2 Å². The zero-order chi connectivity index (χ0) is 18.4. The van der Waals surface area contributed by atoms with Gasteiger partial charge in [0.2, 0.25) is 0 Å². The van der Waals surface area contributed by atoms with E-state index in [-0.39, 0.29) is 0 Å². The van der Waals surface area contributed by atoms with E-state index in [2.05, 4.69) is 64.6 Å². The van der Waals surface area contributed by atoms with Crippen LogP contribution < -0.4 is 5.32 Å². The largest absolute Gasteiger partial charge is 0.346 e. The number of aromatic amines is 1. The van der Waals surface area contributed by atoms with Crippen LogP contribution in [-0.2, 0) is 0 Å². The molecule has 1 unspecified atom stereocenters. The predicted molar refractivity (Wildman–Crippen MR) is 111 cm³/mol. The number of nitrogens with zero attached hydrogens (tertiary/aromatic N) is 2. The van der Waals surface area contributed by atoms with Crippen LogP contribution in [0.25, 0.3) is 32.9 Å². The van der Waals surface area contributed by atoms with Gasteiger partial charge in [-0.15, -0.1) is 0 Å². The summed E-state index contributed by atoms with van der Waals surface area (Å²) in [5, 5.41) is 7.35. The van der Waals surface area contributed by atoms with Crippen molar-refractivity contribution in [2.45, 2.75) is 38.6 Å². The van der Waals surface area contributed by atoms with Gasteiger partial charge in [-0.05, 0) is 71.6 Å². The Morgan fingerprint density at radius 1 is 1.07 bits per heavy atom. The first-order valence-corrected chi connectivity index (χ1v) is 9.79. The summed E-state index contributed by atoms with van der Waals surface area (Å²) in [6.45, 7) is 5.54. The fourth-order valence-electron chi connectivity index (χ4n) is 4.29. The minimum absolute atomic E-state index is 0.409. The highest BCUT2D eigenvalue weighted by molar-refractivity contribution is 5.92. The number of nitrogens with one attached hydrogen (secondary N) is 2. The minimum atomic E-state index is 0.409. The molecule has 0 aliphatic carbocycles. The Balaban J connectivity index is 1.70. The molecule has 2 N–H and O–H groups in total. The summed E-state index contributed by atoms with van der Waals surface area (Å²) in [6.07, 6.45) is 10.4. The third-order valence-electron chi connectivity index (χ3n) is 5.74. The standard InChI is InChI=1S/C23H24N4/c1-14(2)20-13-27-23-19(20)10-17(11-26-23)16-8-15-5-7-24-12-21(15)18(9-16)22-4-3-6-25-22/h5,7-14,22,25H,3-4,6H2,1-2H3,(H,26,27). The van der Waals surface area contributed by atoms with Crippen LogP contribution in [0.3, 0.4) is 0 Å². The van der Waals surface area contributed by atoms with Gasteiger partial charge in [-0.2, -0.15) is 0 Å². The zero-order valence-corrected chi connectivity index (χ0v) is 15.8. The van der Waals surface area contributed by atoms with Crippen molar-refractivity contribution >= 4 is 21.8 Å². The molecule has 0 amide bonds. The Hall–Kier alpha value is -2.72. The molecule has 4 heteroatoms. The van der Waals surface area contributed by atoms with Gasteiger partial charge in [0.05, 0.1) is 0 Å². The average molecular weight is 356 g/mol. The average Bonchev–Trinajstić information content (AvgIpc) is 3.36. The van der Waals surface area contributed by atoms with Gasteiger partial charge in [0.25, 0.3) is 0 Å². The summed E-state index contributed by atoms with van der Waals surface area (Å²) in [4.78, 5) is 12.4. The van der Waals surface area contributed by atoms with Crippen molar-refractivity contribution in [3.63, 3.8) is 0 Å². The molecule has 5 rings (SSSR count). The van der Waals surface area contributed by atoms with E-state index in [1.165, 1.54) is 51.3 Å². The Labute approximate surface area is 159 Å². The number of hydrogen-bond donors (Lipinski definition) is 2. The first-order chi connectivity index (χ1) is 13.2. The minimum Gasteiger partial charge on any atom is -0.346 e. The number of rotatable bonds is 3. The quantitative estimate of drug-likeness (QED) is 0.522. The third-order valence-corrected chi connectivity index (χ3v) is 5.74. The molecule has 0 radical (unpaired) electrons. The first kappa shape index (κ1) is 16.5. The van der Waals surface area contributed by atoms with Gasteiger partial charge in [-0.1, -0.05) is 13.8 Å². The summed E-state index contributed by atoms with van der Waals surface area (Å²) in [7, 11) is 0. The Kier molecular flexibility index (Phi) is 3.94. The molecule has 0 saturated carbocycles. The van der Waals surface area contributed by atoms with Crippen molar-refractivity contribution in [2.24, 2.45) is 0 Å².